The minimum atomic E-state index is -1.02. The van der Waals surface area contributed by atoms with Crippen LogP contribution in [0, 0.1) is 6.92 Å². The maximum atomic E-state index is 13.0. The van der Waals surface area contributed by atoms with Gasteiger partial charge in [-0.25, -0.2) is 4.79 Å². The number of carboxylic acids is 1. The van der Waals surface area contributed by atoms with Crippen molar-refractivity contribution < 1.29 is 19.5 Å². The van der Waals surface area contributed by atoms with Gasteiger partial charge in [-0.1, -0.05) is 79.9 Å². The highest BCUT2D eigenvalue weighted by Crippen LogP contribution is 2.18. The van der Waals surface area contributed by atoms with E-state index in [2.05, 4.69) is 10.6 Å². The van der Waals surface area contributed by atoms with Crippen LogP contribution < -0.4 is 10.6 Å². The topological polar surface area (TPSA) is 98.7 Å². The number of rotatable bonds is 11. The molecule has 2 aromatic carbocycles. The number of carboxylic acid groups (broad SMARTS) is 1. The molecule has 0 radical (unpaired) electrons. The summed E-state index contributed by atoms with van der Waals surface area (Å²) in [7, 11) is 1.72. The average molecular weight is 440 g/mol. The third-order valence-electron chi connectivity index (χ3n) is 5.25. The Balaban J connectivity index is 2.08. The number of amides is 3. The summed E-state index contributed by atoms with van der Waals surface area (Å²) in [6, 6.07) is 15.1. The summed E-state index contributed by atoms with van der Waals surface area (Å²) in [5.74, 6) is -1.19. The van der Waals surface area contributed by atoms with E-state index in [9.17, 15) is 19.5 Å². The fourth-order valence-corrected chi connectivity index (χ4v) is 3.45. The quantitative estimate of drug-likeness (QED) is 0.492. The highest BCUT2D eigenvalue weighted by Gasteiger charge is 2.25. The van der Waals surface area contributed by atoms with E-state index >= 15 is 0 Å². The predicted molar refractivity (Wildman–Crippen MR) is 124 cm³/mol. The minimum absolute atomic E-state index is 0.178. The van der Waals surface area contributed by atoms with Gasteiger partial charge in [0.2, 0.25) is 5.91 Å². The fraction of sp³-hybridized carbons (Fsp3) is 0.400. The molecule has 2 aromatic rings. The van der Waals surface area contributed by atoms with Crippen LogP contribution in [0.5, 0.6) is 0 Å². The van der Waals surface area contributed by atoms with Crippen molar-refractivity contribution in [1.29, 1.82) is 0 Å². The zero-order chi connectivity index (χ0) is 23.5. The third kappa shape index (κ3) is 8.06. The van der Waals surface area contributed by atoms with Gasteiger partial charge in [0.05, 0.1) is 12.5 Å². The molecule has 7 heteroatoms. The molecule has 0 saturated carbocycles. The lowest BCUT2D eigenvalue weighted by molar-refractivity contribution is -0.137. The van der Waals surface area contributed by atoms with Gasteiger partial charge < -0.3 is 20.6 Å². The molecule has 0 aliphatic heterocycles. The summed E-state index contributed by atoms with van der Waals surface area (Å²) in [6.45, 7) is 4.40. The van der Waals surface area contributed by atoms with Crippen LogP contribution in [0.15, 0.2) is 54.6 Å². The van der Waals surface area contributed by atoms with Crippen molar-refractivity contribution in [1.82, 2.24) is 15.5 Å². The third-order valence-corrected chi connectivity index (χ3v) is 5.25. The van der Waals surface area contributed by atoms with E-state index in [0.29, 0.717) is 18.5 Å². The van der Waals surface area contributed by atoms with Gasteiger partial charge in [-0.3, -0.25) is 9.59 Å². The maximum absolute atomic E-state index is 13.0. The second-order valence-electron chi connectivity index (χ2n) is 8.05. The van der Waals surface area contributed by atoms with Crippen molar-refractivity contribution in [3.8, 4) is 0 Å². The molecule has 3 amide bonds. The van der Waals surface area contributed by atoms with Crippen molar-refractivity contribution in [2.45, 2.75) is 58.2 Å². The van der Waals surface area contributed by atoms with Crippen LogP contribution in [-0.4, -0.2) is 41.0 Å². The van der Waals surface area contributed by atoms with Crippen molar-refractivity contribution in [3.05, 3.63) is 71.3 Å². The second-order valence-corrected chi connectivity index (χ2v) is 8.05. The zero-order valence-corrected chi connectivity index (χ0v) is 19.0. The molecule has 0 heterocycles. The zero-order valence-electron chi connectivity index (χ0n) is 19.0. The Kier molecular flexibility index (Phi) is 9.73. The number of hydrogen-bond acceptors (Lipinski definition) is 3. The van der Waals surface area contributed by atoms with E-state index in [1.807, 2.05) is 56.3 Å². The Morgan fingerprint density at radius 3 is 2.25 bits per heavy atom. The molecular formula is C25H33N3O4. The Morgan fingerprint density at radius 2 is 1.66 bits per heavy atom. The monoisotopic (exact) mass is 439 g/mol. The number of carbonyl (C=O) groups excluding carboxylic acids is 2. The van der Waals surface area contributed by atoms with Gasteiger partial charge in [0.1, 0.15) is 6.04 Å². The smallest absolute Gasteiger partial charge is 0.315 e. The molecule has 0 bridgehead atoms. The number of hydrogen-bond donors (Lipinski definition) is 3. The van der Waals surface area contributed by atoms with E-state index in [-0.39, 0.29) is 12.3 Å². The Bertz CT molecular complexity index is 884. The van der Waals surface area contributed by atoms with E-state index in [0.717, 1.165) is 24.0 Å². The largest absolute Gasteiger partial charge is 0.481 e. The van der Waals surface area contributed by atoms with E-state index in [4.69, 9.17) is 0 Å². The van der Waals surface area contributed by atoms with Crippen LogP contribution in [0.2, 0.25) is 0 Å². The van der Waals surface area contributed by atoms with Crippen molar-refractivity contribution in [2.75, 3.05) is 7.05 Å². The molecule has 0 aromatic heterocycles. The number of likely N-dealkylation sites (N-methyl/N-ethyl adjacent to an activating group) is 1. The molecule has 172 valence electrons. The van der Waals surface area contributed by atoms with Crippen molar-refractivity contribution in [3.63, 3.8) is 0 Å². The number of unbranched alkanes of at least 4 members (excludes halogenated alkanes) is 1. The summed E-state index contributed by atoms with van der Waals surface area (Å²) < 4.78 is 0. The highest BCUT2D eigenvalue weighted by molar-refractivity contribution is 5.87. The normalized spacial score (nSPS) is 12.5. The fourth-order valence-electron chi connectivity index (χ4n) is 3.45. The lowest BCUT2D eigenvalue weighted by Crippen LogP contribution is -2.51. The lowest BCUT2D eigenvalue weighted by atomic mass is 10.0. The van der Waals surface area contributed by atoms with Crippen LogP contribution >= 0.6 is 0 Å². The van der Waals surface area contributed by atoms with Crippen LogP contribution in [0.3, 0.4) is 0 Å². The number of aryl methyl sites for hydroxylation is 1. The summed E-state index contributed by atoms with van der Waals surface area (Å²) in [6.07, 6.45) is 1.93. The molecule has 2 atom stereocenters. The van der Waals surface area contributed by atoms with Crippen LogP contribution in [0.1, 0.15) is 55.3 Å². The van der Waals surface area contributed by atoms with Crippen LogP contribution in [0.4, 0.5) is 4.79 Å². The molecular weight excluding hydrogens is 406 g/mol. The molecule has 0 aliphatic carbocycles. The lowest BCUT2D eigenvalue weighted by Gasteiger charge is -2.26. The molecule has 2 rings (SSSR count). The second kappa shape index (κ2) is 12.5. The van der Waals surface area contributed by atoms with Gasteiger partial charge in [0.25, 0.3) is 0 Å². The van der Waals surface area contributed by atoms with Gasteiger partial charge in [-0.05, 0) is 24.5 Å². The standard InChI is InChI=1S/C25H33N3O4/c1-4-5-11-21(24(31)28(3)17-19-9-7-6-8-10-19)26-25(32)27-22(16-23(29)30)20-14-12-18(2)13-15-20/h6-10,12-15,21-22H,4-5,11,16-17H2,1-3H3,(H,29,30)(H2,26,27,32)/t21-,22-/m0/s1. The molecule has 0 saturated heterocycles. The van der Waals surface area contributed by atoms with Crippen molar-refractivity contribution in [2.24, 2.45) is 0 Å². The maximum Gasteiger partial charge on any atom is 0.315 e. The molecule has 3 N–H and O–H groups in total. The number of urea groups is 1. The number of carbonyl (C=O) groups is 3. The molecule has 7 nitrogen and oxygen atoms in total. The number of benzene rings is 2. The molecule has 0 unspecified atom stereocenters. The Hall–Kier alpha value is -3.35. The van der Waals surface area contributed by atoms with Gasteiger partial charge >= 0.3 is 12.0 Å². The molecule has 0 spiro atoms. The summed E-state index contributed by atoms with van der Waals surface area (Å²) in [4.78, 5) is 38.7. The molecule has 0 fully saturated rings. The molecule has 0 aliphatic rings. The Labute approximate surface area is 189 Å². The first kappa shape index (κ1) is 24.9. The SMILES string of the molecule is CCCC[C@H](NC(=O)N[C@@H](CC(=O)O)c1ccc(C)cc1)C(=O)N(C)Cc1ccccc1. The van der Waals surface area contributed by atoms with E-state index < -0.39 is 24.1 Å². The van der Waals surface area contributed by atoms with Gasteiger partial charge in [-0.2, -0.15) is 0 Å². The Morgan fingerprint density at radius 1 is 1.00 bits per heavy atom. The first-order valence-corrected chi connectivity index (χ1v) is 10.9. The van der Waals surface area contributed by atoms with Crippen LogP contribution in [0.25, 0.3) is 0 Å². The minimum Gasteiger partial charge on any atom is -0.481 e. The van der Waals surface area contributed by atoms with Gasteiger partial charge in [-0.15, -0.1) is 0 Å². The van der Waals surface area contributed by atoms with Gasteiger partial charge in [0.15, 0.2) is 0 Å². The number of nitrogens with one attached hydrogen (secondary N) is 2. The van der Waals surface area contributed by atoms with E-state index in [1.165, 1.54) is 0 Å². The summed E-state index contributed by atoms with van der Waals surface area (Å²) in [5, 5.41) is 14.8. The summed E-state index contributed by atoms with van der Waals surface area (Å²) >= 11 is 0. The predicted octanol–water partition coefficient (Wildman–Crippen LogP) is 4.03. The van der Waals surface area contributed by atoms with Crippen LogP contribution in [-0.2, 0) is 16.1 Å². The number of aliphatic carboxylic acids is 1. The first-order chi connectivity index (χ1) is 15.3. The van der Waals surface area contributed by atoms with Gasteiger partial charge in [0, 0.05) is 13.6 Å². The number of nitrogens with zero attached hydrogens (tertiary/aromatic N) is 1. The highest BCUT2D eigenvalue weighted by atomic mass is 16.4. The summed E-state index contributed by atoms with van der Waals surface area (Å²) in [5.41, 5.74) is 2.74. The first-order valence-electron chi connectivity index (χ1n) is 10.9. The van der Waals surface area contributed by atoms with Crippen molar-refractivity contribution >= 4 is 17.9 Å². The average Bonchev–Trinajstić information content (AvgIpc) is 2.76. The molecule has 32 heavy (non-hydrogen) atoms. The van der Waals surface area contributed by atoms with E-state index in [1.54, 1.807) is 24.1 Å².